The molecule has 152 valence electrons. The van der Waals surface area contributed by atoms with Gasteiger partial charge < -0.3 is 10.2 Å². The molecule has 0 heterocycles. The van der Waals surface area contributed by atoms with Crippen LogP contribution in [0.5, 0.6) is 11.5 Å². The van der Waals surface area contributed by atoms with Gasteiger partial charge in [0, 0.05) is 16.1 Å². The summed E-state index contributed by atoms with van der Waals surface area (Å²) in [6.07, 6.45) is 0. The Morgan fingerprint density at radius 1 is 0.793 bits per heavy atom. The normalized spacial score (nSPS) is 12.2. The van der Waals surface area contributed by atoms with E-state index in [0.29, 0.717) is 0 Å². The van der Waals surface area contributed by atoms with Crippen LogP contribution < -0.4 is 0 Å². The molecule has 0 bridgehead atoms. The molecule has 10 heteroatoms. The molecule has 0 aliphatic heterocycles. The minimum Gasteiger partial charge on any atom is -0.506 e. The summed E-state index contributed by atoms with van der Waals surface area (Å²) in [4.78, 5) is 0. The van der Waals surface area contributed by atoms with Crippen LogP contribution in [0.4, 0.5) is 0 Å². The Bertz CT molecular complexity index is 1140. The summed E-state index contributed by atoms with van der Waals surface area (Å²) in [5.74, 6) is -1.34. The summed E-state index contributed by atoms with van der Waals surface area (Å²) in [6.45, 7) is 0. The molecule has 0 aliphatic carbocycles. The maximum Gasteiger partial charge on any atom is 0.283 e. The van der Waals surface area contributed by atoms with Crippen LogP contribution in [-0.4, -0.2) is 23.2 Å². The summed E-state index contributed by atoms with van der Waals surface area (Å²) in [7, 11) is -5.13. The fraction of sp³-hybridized carbons (Fsp3) is 0.0526. The van der Waals surface area contributed by atoms with Gasteiger partial charge >= 0.3 is 0 Å². The zero-order valence-corrected chi connectivity index (χ0v) is 18.1. The van der Waals surface area contributed by atoms with Crippen LogP contribution in [0.2, 0.25) is 20.1 Å². The van der Waals surface area contributed by atoms with E-state index in [-0.39, 0.29) is 26.2 Å². The van der Waals surface area contributed by atoms with Crippen molar-refractivity contribution in [3.8, 4) is 11.5 Å². The molecule has 3 rings (SSSR count). The fourth-order valence-corrected chi connectivity index (χ4v) is 5.45. The number of rotatable bonds is 4. The van der Waals surface area contributed by atoms with Crippen LogP contribution in [0.15, 0.2) is 54.6 Å². The Morgan fingerprint density at radius 3 is 1.69 bits per heavy atom. The smallest absolute Gasteiger partial charge is 0.283 e. The monoisotopic (exact) mass is 492 g/mol. The third-order valence-corrected chi connectivity index (χ3v) is 6.96. The van der Waals surface area contributed by atoms with Gasteiger partial charge in [0.2, 0.25) is 0 Å². The summed E-state index contributed by atoms with van der Waals surface area (Å²) < 4.78 is 33.9. The first-order chi connectivity index (χ1) is 13.5. The predicted octanol–water partition coefficient (Wildman–Crippen LogP) is 5.89. The van der Waals surface area contributed by atoms with E-state index in [1.54, 1.807) is 0 Å². The first kappa shape index (κ1) is 22.0. The molecule has 5 nitrogen and oxygen atoms in total. The standard InChI is InChI=1S/C19H12Cl4O5S/c20-12-5-1-3-10(7-12)19(29(26,27)28,11-4-2-6-13(21)8-11)16-17(23)15(24)9-14(22)18(16)25/h1-9,24-25H,(H,26,27,28). The molecule has 3 aromatic carbocycles. The molecule has 3 N–H and O–H groups in total. The fourth-order valence-electron chi connectivity index (χ4n) is 3.22. The van der Waals surface area contributed by atoms with Gasteiger partial charge in [0.25, 0.3) is 10.1 Å². The van der Waals surface area contributed by atoms with Crippen LogP contribution in [0.25, 0.3) is 0 Å². The van der Waals surface area contributed by atoms with Gasteiger partial charge in [-0.15, -0.1) is 0 Å². The van der Waals surface area contributed by atoms with Crippen molar-refractivity contribution in [3.63, 3.8) is 0 Å². The second-order valence-electron chi connectivity index (χ2n) is 6.09. The van der Waals surface area contributed by atoms with Crippen molar-refractivity contribution >= 4 is 56.5 Å². The Hall–Kier alpha value is -1.67. The van der Waals surface area contributed by atoms with Crippen LogP contribution in [0.1, 0.15) is 16.7 Å². The highest BCUT2D eigenvalue weighted by molar-refractivity contribution is 7.87. The number of benzene rings is 3. The van der Waals surface area contributed by atoms with E-state index >= 15 is 0 Å². The van der Waals surface area contributed by atoms with Crippen molar-refractivity contribution in [1.29, 1.82) is 0 Å². The topological polar surface area (TPSA) is 94.8 Å². The first-order valence-electron chi connectivity index (χ1n) is 7.89. The number of phenols is 2. The number of phenolic OH excluding ortho intramolecular Hbond substituents is 2. The third-order valence-electron chi connectivity index (χ3n) is 4.37. The van der Waals surface area contributed by atoms with E-state index in [0.717, 1.165) is 6.07 Å². The minimum absolute atomic E-state index is 0.0615. The summed E-state index contributed by atoms with van der Waals surface area (Å²) in [5.41, 5.74) is -0.668. The van der Waals surface area contributed by atoms with Gasteiger partial charge in [0.15, 0.2) is 4.75 Å². The van der Waals surface area contributed by atoms with Gasteiger partial charge in [-0.05, 0) is 35.4 Å². The van der Waals surface area contributed by atoms with Gasteiger partial charge in [-0.3, -0.25) is 4.55 Å². The van der Waals surface area contributed by atoms with Crippen molar-refractivity contribution < 1.29 is 23.2 Å². The zero-order valence-electron chi connectivity index (χ0n) is 14.3. The number of halogens is 4. The molecule has 3 aromatic rings. The first-order valence-corrected chi connectivity index (χ1v) is 10.8. The van der Waals surface area contributed by atoms with Gasteiger partial charge in [-0.2, -0.15) is 8.42 Å². The van der Waals surface area contributed by atoms with E-state index in [1.807, 2.05) is 0 Å². The zero-order chi connectivity index (χ0) is 21.6. The predicted molar refractivity (Wildman–Crippen MR) is 114 cm³/mol. The Labute approximate surface area is 186 Å². The molecular formula is C19H12Cl4O5S. The maximum absolute atomic E-state index is 13.0. The maximum atomic E-state index is 13.0. The van der Waals surface area contributed by atoms with Crippen LogP contribution >= 0.6 is 46.4 Å². The van der Waals surface area contributed by atoms with E-state index in [2.05, 4.69) is 0 Å². The second-order valence-corrected chi connectivity index (χ2v) is 9.31. The van der Waals surface area contributed by atoms with Gasteiger partial charge in [0.05, 0.1) is 15.6 Å². The van der Waals surface area contributed by atoms with Gasteiger partial charge in [-0.25, -0.2) is 0 Å². The van der Waals surface area contributed by atoms with Crippen LogP contribution in [-0.2, 0) is 14.9 Å². The molecule has 0 atom stereocenters. The van der Waals surface area contributed by atoms with E-state index in [9.17, 15) is 23.2 Å². The van der Waals surface area contributed by atoms with Crippen LogP contribution in [0, 0.1) is 0 Å². The molecule has 0 radical (unpaired) electrons. The van der Waals surface area contributed by atoms with Crippen molar-refractivity contribution in [1.82, 2.24) is 0 Å². The van der Waals surface area contributed by atoms with Gasteiger partial charge in [-0.1, -0.05) is 70.7 Å². The summed E-state index contributed by atoms with van der Waals surface area (Å²) >= 11 is 24.4. The summed E-state index contributed by atoms with van der Waals surface area (Å²) in [6, 6.07) is 12.2. The Balaban J connectivity index is 2.66. The molecule has 0 aromatic heterocycles. The molecule has 0 aliphatic rings. The highest BCUT2D eigenvalue weighted by Crippen LogP contribution is 2.54. The lowest BCUT2D eigenvalue weighted by atomic mass is 9.83. The second kappa shape index (κ2) is 7.87. The molecule has 0 unspecified atom stereocenters. The van der Waals surface area contributed by atoms with Crippen molar-refractivity contribution in [3.05, 3.63) is 91.4 Å². The number of aromatic hydroxyl groups is 2. The SMILES string of the molecule is O=S(=O)(O)C(c1cccc(Cl)c1)(c1cccc(Cl)c1)c1c(O)c(Cl)cc(O)c1Cl. The van der Waals surface area contributed by atoms with Gasteiger partial charge in [0.1, 0.15) is 11.5 Å². The molecule has 29 heavy (non-hydrogen) atoms. The lowest BCUT2D eigenvalue weighted by molar-refractivity contribution is 0.435. The quantitative estimate of drug-likeness (QED) is 0.239. The molecule has 0 saturated carbocycles. The van der Waals surface area contributed by atoms with E-state index in [1.165, 1.54) is 48.5 Å². The number of hydrogen-bond donors (Lipinski definition) is 3. The van der Waals surface area contributed by atoms with Crippen molar-refractivity contribution in [2.75, 3.05) is 0 Å². The van der Waals surface area contributed by atoms with Crippen LogP contribution in [0.3, 0.4) is 0 Å². The Kier molecular flexibility index (Phi) is 5.98. The third kappa shape index (κ3) is 3.65. The average Bonchev–Trinajstić information content (AvgIpc) is 2.62. The van der Waals surface area contributed by atoms with E-state index in [4.69, 9.17) is 46.4 Å². The lowest BCUT2D eigenvalue weighted by Gasteiger charge is -2.34. The molecule has 0 fully saturated rings. The van der Waals surface area contributed by atoms with E-state index < -0.39 is 37.0 Å². The molecular weight excluding hydrogens is 482 g/mol. The highest BCUT2D eigenvalue weighted by atomic mass is 35.5. The van der Waals surface area contributed by atoms with Crippen molar-refractivity contribution in [2.24, 2.45) is 0 Å². The summed E-state index contributed by atoms with van der Waals surface area (Å²) in [5, 5.41) is 20.3. The lowest BCUT2D eigenvalue weighted by Crippen LogP contribution is -2.38. The molecule has 0 spiro atoms. The largest absolute Gasteiger partial charge is 0.506 e. The molecule has 0 amide bonds. The number of hydrogen-bond acceptors (Lipinski definition) is 4. The highest BCUT2D eigenvalue weighted by Gasteiger charge is 2.52. The van der Waals surface area contributed by atoms with Crippen molar-refractivity contribution in [2.45, 2.75) is 4.75 Å². The minimum atomic E-state index is -5.13. The Morgan fingerprint density at radius 2 is 1.28 bits per heavy atom. The molecule has 0 saturated heterocycles. The average molecular weight is 494 g/mol.